The first kappa shape index (κ1) is 33.8. The van der Waals surface area contributed by atoms with E-state index in [0.29, 0.717) is 43.1 Å². The SMILES string of the molecule is CCc1ccc(N/C=C(\N)C(F)(F)F)c(-c2cc(=O)n(C3CCCC(C)C(=O)NC(=CN)C(=NC(F)F)c4ccnc3c4)cn2)c1. The number of fused-ring (bicyclic) bond motifs is 2. The van der Waals surface area contributed by atoms with Gasteiger partial charge in [-0.05, 0) is 49.1 Å². The number of allylic oxidation sites excluding steroid dienone is 2. The van der Waals surface area contributed by atoms with Crippen molar-refractivity contribution >= 4 is 17.3 Å². The van der Waals surface area contributed by atoms with E-state index in [-0.39, 0.29) is 28.4 Å². The number of pyridine rings is 1. The number of amides is 1. The molecule has 6 N–H and O–H groups in total. The number of benzene rings is 1. The molecule has 15 heteroatoms. The van der Waals surface area contributed by atoms with Crippen LogP contribution in [0.4, 0.5) is 27.6 Å². The summed E-state index contributed by atoms with van der Waals surface area (Å²) in [6.45, 7) is 0.477. The first-order valence-corrected chi connectivity index (χ1v) is 14.4. The van der Waals surface area contributed by atoms with Crippen LogP contribution in [-0.4, -0.2) is 38.9 Å². The largest absolute Gasteiger partial charge is 0.432 e. The third-order valence-electron chi connectivity index (χ3n) is 7.51. The monoisotopic (exact) mass is 644 g/mol. The van der Waals surface area contributed by atoms with Crippen molar-refractivity contribution < 1.29 is 26.7 Å². The summed E-state index contributed by atoms with van der Waals surface area (Å²) in [5.41, 5.74) is 10.9. The van der Waals surface area contributed by atoms with E-state index < -0.39 is 41.8 Å². The van der Waals surface area contributed by atoms with Crippen LogP contribution in [0.15, 0.2) is 82.5 Å². The van der Waals surface area contributed by atoms with Gasteiger partial charge in [0.05, 0.1) is 35.2 Å². The molecule has 0 fully saturated rings. The van der Waals surface area contributed by atoms with E-state index >= 15 is 0 Å². The number of halogens is 5. The Kier molecular flexibility index (Phi) is 10.5. The Balaban J connectivity index is 1.81. The van der Waals surface area contributed by atoms with Gasteiger partial charge in [-0.1, -0.05) is 26.3 Å². The topological polar surface area (TPSA) is 153 Å². The number of rotatable bonds is 6. The van der Waals surface area contributed by atoms with Crippen LogP contribution in [0.25, 0.3) is 11.3 Å². The van der Waals surface area contributed by atoms with Crippen LogP contribution in [-0.2, 0) is 11.2 Å². The molecule has 1 aliphatic heterocycles. The van der Waals surface area contributed by atoms with E-state index in [4.69, 9.17) is 11.5 Å². The number of nitrogens with one attached hydrogen (secondary N) is 2. The highest BCUT2D eigenvalue weighted by atomic mass is 19.4. The Morgan fingerprint density at radius 2 is 1.93 bits per heavy atom. The minimum absolute atomic E-state index is 0.0971. The molecule has 0 saturated heterocycles. The van der Waals surface area contributed by atoms with Crippen molar-refractivity contribution in [3.8, 4) is 11.3 Å². The minimum atomic E-state index is -4.73. The third kappa shape index (κ3) is 7.95. The van der Waals surface area contributed by atoms with Gasteiger partial charge in [-0.3, -0.25) is 19.1 Å². The molecule has 10 nitrogen and oxygen atoms in total. The van der Waals surface area contributed by atoms with E-state index in [1.165, 1.54) is 35.3 Å². The van der Waals surface area contributed by atoms with Gasteiger partial charge in [0.25, 0.3) is 5.56 Å². The predicted octanol–water partition coefficient (Wildman–Crippen LogP) is 4.98. The summed E-state index contributed by atoms with van der Waals surface area (Å²) < 4.78 is 67.3. The van der Waals surface area contributed by atoms with Crippen molar-refractivity contribution in [3.63, 3.8) is 0 Å². The predicted molar refractivity (Wildman–Crippen MR) is 164 cm³/mol. The minimum Gasteiger partial charge on any atom is -0.403 e. The van der Waals surface area contributed by atoms with Crippen LogP contribution in [0.1, 0.15) is 56.0 Å². The summed E-state index contributed by atoms with van der Waals surface area (Å²) >= 11 is 0. The van der Waals surface area contributed by atoms with Crippen molar-refractivity contribution in [2.75, 3.05) is 5.32 Å². The second-order valence-electron chi connectivity index (χ2n) is 10.6. The second-order valence-corrected chi connectivity index (χ2v) is 10.6. The molecule has 1 aliphatic rings. The van der Waals surface area contributed by atoms with Gasteiger partial charge >= 0.3 is 12.7 Å². The molecule has 0 aliphatic carbocycles. The molecule has 2 aromatic heterocycles. The third-order valence-corrected chi connectivity index (χ3v) is 7.51. The maximum Gasteiger partial charge on any atom is 0.432 e. The summed E-state index contributed by atoms with van der Waals surface area (Å²) in [4.78, 5) is 38.8. The number of anilines is 1. The molecule has 2 atom stereocenters. The van der Waals surface area contributed by atoms with Crippen LogP contribution in [0.5, 0.6) is 0 Å². The van der Waals surface area contributed by atoms with Crippen LogP contribution in [0, 0.1) is 5.92 Å². The zero-order valence-corrected chi connectivity index (χ0v) is 25.0. The molecular weight excluding hydrogens is 611 g/mol. The van der Waals surface area contributed by atoms with Crippen LogP contribution in [0.3, 0.4) is 0 Å². The lowest BCUT2D eigenvalue weighted by molar-refractivity contribution is -0.123. The zero-order chi connectivity index (χ0) is 33.6. The van der Waals surface area contributed by atoms with Crippen molar-refractivity contribution in [1.29, 1.82) is 0 Å². The Morgan fingerprint density at radius 3 is 2.59 bits per heavy atom. The summed E-state index contributed by atoms with van der Waals surface area (Å²) in [5, 5.41) is 5.15. The van der Waals surface area contributed by atoms with Crippen LogP contribution in [0.2, 0.25) is 0 Å². The van der Waals surface area contributed by atoms with E-state index in [9.17, 15) is 31.5 Å². The van der Waals surface area contributed by atoms with Gasteiger partial charge in [-0.15, -0.1) is 0 Å². The van der Waals surface area contributed by atoms with Crippen molar-refractivity contribution in [2.45, 2.75) is 58.3 Å². The van der Waals surface area contributed by atoms with Gasteiger partial charge in [-0.2, -0.15) is 22.0 Å². The number of aromatic nitrogens is 3. The molecule has 0 spiro atoms. The Bertz CT molecular complexity index is 1730. The molecule has 0 radical (unpaired) electrons. The number of nitrogens with zero attached hydrogens (tertiary/aromatic N) is 4. The van der Waals surface area contributed by atoms with Crippen molar-refractivity contribution in [1.82, 2.24) is 19.9 Å². The van der Waals surface area contributed by atoms with Crippen molar-refractivity contribution in [3.05, 3.63) is 99.9 Å². The fraction of sp³-hybridized carbons (Fsp3) is 0.323. The number of carbonyl (C=O) groups excluding carboxylic acids is 1. The highest BCUT2D eigenvalue weighted by molar-refractivity contribution is 6.14. The lowest BCUT2D eigenvalue weighted by atomic mass is 9.96. The quantitative estimate of drug-likeness (QED) is 0.218. The molecule has 2 bridgehead atoms. The number of alkyl halides is 5. The lowest BCUT2D eigenvalue weighted by Crippen LogP contribution is -2.34. The second kappa shape index (κ2) is 14.3. The molecule has 1 amide bonds. The standard InChI is InChI=1S/C31H33F5N8O2/c1-3-18-7-8-21(40-15-26(38)31(34,35)36)20(11-18)22-13-27(45)44(16-41-22)25-6-4-5-17(2)29(46)42-24(14-37)28(43-30(32)33)19-9-10-39-23(25)12-19/h7-17,25,30,40H,3-6,37-38H2,1-2H3,(H,42,46)/b24-14?,26-15-,43-28?. The fourth-order valence-corrected chi connectivity index (χ4v) is 4.97. The molecule has 4 rings (SSSR count). The first-order valence-electron chi connectivity index (χ1n) is 14.4. The first-order chi connectivity index (χ1) is 21.8. The Hall–Kier alpha value is -5.08. The molecule has 0 saturated carbocycles. The van der Waals surface area contributed by atoms with Gasteiger partial charge < -0.3 is 22.1 Å². The number of hydrogen-bond acceptors (Lipinski definition) is 8. The zero-order valence-electron chi connectivity index (χ0n) is 25.0. The molecular formula is C31H33F5N8O2. The number of aliphatic imine (C=N–C) groups is 1. The highest BCUT2D eigenvalue weighted by Crippen LogP contribution is 2.30. The Labute approximate surface area is 261 Å². The van der Waals surface area contributed by atoms with Gasteiger partial charge in [0.15, 0.2) is 0 Å². The molecule has 46 heavy (non-hydrogen) atoms. The maximum absolute atomic E-state index is 13.7. The Morgan fingerprint density at radius 1 is 1.17 bits per heavy atom. The summed E-state index contributed by atoms with van der Waals surface area (Å²) in [6, 6.07) is 8.49. The smallest absolute Gasteiger partial charge is 0.403 e. The molecule has 3 aromatic rings. The summed E-state index contributed by atoms with van der Waals surface area (Å²) in [5.74, 6) is -0.956. The molecule has 3 heterocycles. The number of hydrogen-bond donors (Lipinski definition) is 4. The summed E-state index contributed by atoms with van der Waals surface area (Å²) in [6.07, 6.45) is 1.42. The molecule has 2 unspecified atom stereocenters. The number of aryl methyl sites for hydroxylation is 1. The van der Waals surface area contributed by atoms with Gasteiger partial charge in [0.1, 0.15) is 5.70 Å². The van der Waals surface area contributed by atoms with E-state index in [1.807, 2.05) is 6.92 Å². The lowest BCUT2D eigenvalue weighted by Gasteiger charge is -2.23. The number of nitrogens with two attached hydrogens (primary N) is 2. The fourth-order valence-electron chi connectivity index (χ4n) is 4.97. The van der Waals surface area contributed by atoms with Gasteiger partial charge in [-0.25, -0.2) is 9.98 Å². The van der Waals surface area contributed by atoms with Gasteiger partial charge in [0.2, 0.25) is 5.91 Å². The van der Waals surface area contributed by atoms with Crippen LogP contribution < -0.4 is 27.7 Å². The van der Waals surface area contributed by atoms with Crippen molar-refractivity contribution in [2.24, 2.45) is 22.4 Å². The van der Waals surface area contributed by atoms with E-state index in [0.717, 1.165) is 11.8 Å². The van der Waals surface area contributed by atoms with Crippen LogP contribution >= 0.6 is 0 Å². The molecule has 244 valence electrons. The van der Waals surface area contributed by atoms with E-state index in [2.05, 4.69) is 25.6 Å². The summed E-state index contributed by atoms with van der Waals surface area (Å²) in [7, 11) is 0. The average molecular weight is 645 g/mol. The maximum atomic E-state index is 13.7. The molecule has 1 aromatic carbocycles. The van der Waals surface area contributed by atoms with E-state index in [1.54, 1.807) is 25.1 Å². The highest BCUT2D eigenvalue weighted by Gasteiger charge is 2.31. The van der Waals surface area contributed by atoms with Gasteiger partial charge in [0, 0.05) is 47.4 Å². The normalized spacial score (nSPS) is 19.9. The number of carbonyl (C=O) groups is 1. The average Bonchev–Trinajstić information content (AvgIpc) is 3.02.